The van der Waals surface area contributed by atoms with Gasteiger partial charge in [0, 0.05) is 12.7 Å². The van der Waals surface area contributed by atoms with Crippen molar-refractivity contribution in [1.82, 2.24) is 10.3 Å². The summed E-state index contributed by atoms with van der Waals surface area (Å²) in [5.74, 6) is 1.04. The second kappa shape index (κ2) is 6.05. The highest BCUT2D eigenvalue weighted by atomic mass is 35.5. The van der Waals surface area contributed by atoms with Crippen molar-refractivity contribution >= 4 is 23.2 Å². The third kappa shape index (κ3) is 3.35. The van der Waals surface area contributed by atoms with Crippen LogP contribution >= 0.6 is 23.2 Å². The van der Waals surface area contributed by atoms with E-state index < -0.39 is 0 Å². The number of pyridine rings is 1. The summed E-state index contributed by atoms with van der Waals surface area (Å²) in [6.07, 6.45) is 1.50. The molecule has 0 fully saturated rings. The van der Waals surface area contributed by atoms with Crippen LogP contribution in [0.1, 0.15) is 5.56 Å². The summed E-state index contributed by atoms with van der Waals surface area (Å²) in [4.78, 5) is 4.05. The van der Waals surface area contributed by atoms with Gasteiger partial charge in [0.1, 0.15) is 10.8 Å². The number of hydrogen-bond donors (Lipinski definition) is 1. The first-order valence-corrected chi connectivity index (χ1v) is 6.17. The predicted molar refractivity (Wildman–Crippen MR) is 73.5 cm³/mol. The van der Waals surface area contributed by atoms with Crippen LogP contribution in [0.5, 0.6) is 11.6 Å². The first-order chi connectivity index (χ1) is 8.69. The van der Waals surface area contributed by atoms with Gasteiger partial charge in [0.05, 0.1) is 5.02 Å². The number of aromatic nitrogens is 1. The van der Waals surface area contributed by atoms with Crippen molar-refractivity contribution in [2.45, 2.75) is 6.54 Å². The molecule has 0 radical (unpaired) electrons. The van der Waals surface area contributed by atoms with Gasteiger partial charge in [-0.1, -0.05) is 35.3 Å². The fourth-order valence-electron chi connectivity index (χ4n) is 1.51. The molecule has 0 saturated carbocycles. The van der Waals surface area contributed by atoms with Gasteiger partial charge in [0.15, 0.2) is 0 Å². The van der Waals surface area contributed by atoms with E-state index in [9.17, 15) is 0 Å². The van der Waals surface area contributed by atoms with E-state index in [1.165, 1.54) is 6.20 Å². The predicted octanol–water partition coefficient (Wildman–Crippen LogP) is 3.90. The van der Waals surface area contributed by atoms with Gasteiger partial charge in [-0.2, -0.15) is 0 Å². The molecule has 1 heterocycles. The second-order valence-electron chi connectivity index (χ2n) is 3.72. The van der Waals surface area contributed by atoms with Crippen LogP contribution in [0.25, 0.3) is 0 Å². The van der Waals surface area contributed by atoms with Crippen LogP contribution in [0, 0.1) is 0 Å². The van der Waals surface area contributed by atoms with E-state index in [2.05, 4.69) is 10.3 Å². The molecule has 1 aromatic heterocycles. The van der Waals surface area contributed by atoms with Crippen molar-refractivity contribution in [3.8, 4) is 11.6 Å². The van der Waals surface area contributed by atoms with Gasteiger partial charge in [0.2, 0.25) is 5.88 Å². The van der Waals surface area contributed by atoms with Gasteiger partial charge in [-0.25, -0.2) is 4.98 Å². The monoisotopic (exact) mass is 282 g/mol. The average molecular weight is 283 g/mol. The van der Waals surface area contributed by atoms with Gasteiger partial charge < -0.3 is 10.1 Å². The van der Waals surface area contributed by atoms with E-state index in [1.54, 1.807) is 6.07 Å². The molecular formula is C13H12Cl2N2O. The molecule has 2 rings (SSSR count). The third-order valence-corrected chi connectivity index (χ3v) is 2.75. The molecule has 0 aliphatic heterocycles. The van der Waals surface area contributed by atoms with Crippen LogP contribution in [-0.4, -0.2) is 12.0 Å². The van der Waals surface area contributed by atoms with Crippen LogP contribution in [-0.2, 0) is 6.54 Å². The number of ether oxygens (including phenoxy) is 1. The normalized spacial score (nSPS) is 10.4. The summed E-state index contributed by atoms with van der Waals surface area (Å²) >= 11 is 11.8. The van der Waals surface area contributed by atoms with Gasteiger partial charge in [-0.05, 0) is 30.8 Å². The minimum Gasteiger partial charge on any atom is -0.438 e. The van der Waals surface area contributed by atoms with Crippen molar-refractivity contribution in [3.63, 3.8) is 0 Å². The van der Waals surface area contributed by atoms with Crippen LogP contribution in [0.15, 0.2) is 36.5 Å². The minimum atomic E-state index is 0.350. The molecule has 18 heavy (non-hydrogen) atoms. The Morgan fingerprint density at radius 2 is 2.11 bits per heavy atom. The molecule has 2 aromatic rings. The van der Waals surface area contributed by atoms with Crippen LogP contribution in [0.2, 0.25) is 10.0 Å². The van der Waals surface area contributed by atoms with Crippen molar-refractivity contribution < 1.29 is 4.74 Å². The molecule has 1 N–H and O–H groups in total. The summed E-state index contributed by atoms with van der Waals surface area (Å²) in [6, 6.07) is 9.32. The number of hydrogen-bond acceptors (Lipinski definition) is 3. The topological polar surface area (TPSA) is 34.1 Å². The van der Waals surface area contributed by atoms with Crippen LogP contribution in [0.3, 0.4) is 0 Å². The lowest BCUT2D eigenvalue weighted by Crippen LogP contribution is -2.04. The van der Waals surface area contributed by atoms with Crippen LogP contribution in [0.4, 0.5) is 0 Å². The SMILES string of the molecule is CNCc1cccc(Oc2ncc(Cl)cc2Cl)c1. The molecule has 1 aromatic carbocycles. The van der Waals surface area contributed by atoms with Crippen molar-refractivity contribution in [3.05, 3.63) is 52.1 Å². The number of nitrogens with one attached hydrogen (secondary N) is 1. The first kappa shape index (κ1) is 13.1. The number of benzene rings is 1. The molecule has 0 unspecified atom stereocenters. The minimum absolute atomic E-state index is 0.350. The highest BCUT2D eigenvalue weighted by molar-refractivity contribution is 6.35. The maximum Gasteiger partial charge on any atom is 0.238 e. The fourth-order valence-corrected chi connectivity index (χ4v) is 1.93. The molecule has 94 valence electrons. The molecule has 0 atom stereocenters. The van der Waals surface area contributed by atoms with Gasteiger partial charge in [-0.3, -0.25) is 0 Å². The summed E-state index contributed by atoms with van der Waals surface area (Å²) < 4.78 is 5.62. The van der Waals surface area contributed by atoms with Crippen molar-refractivity contribution in [1.29, 1.82) is 0 Å². The van der Waals surface area contributed by atoms with E-state index in [1.807, 2.05) is 31.3 Å². The molecular weight excluding hydrogens is 271 g/mol. The first-order valence-electron chi connectivity index (χ1n) is 5.41. The highest BCUT2D eigenvalue weighted by Gasteiger charge is 2.06. The molecule has 0 bridgehead atoms. The largest absolute Gasteiger partial charge is 0.438 e. The Hall–Kier alpha value is -1.29. The average Bonchev–Trinajstić information content (AvgIpc) is 2.34. The maximum atomic E-state index is 6.00. The molecule has 3 nitrogen and oxygen atoms in total. The lowest BCUT2D eigenvalue weighted by atomic mass is 10.2. The quantitative estimate of drug-likeness (QED) is 0.924. The molecule has 0 amide bonds. The Kier molecular flexibility index (Phi) is 4.42. The molecule has 5 heteroatoms. The van der Waals surface area contributed by atoms with Gasteiger partial charge >= 0.3 is 0 Å². The maximum absolute atomic E-state index is 6.00. The molecule has 0 aliphatic carbocycles. The zero-order valence-corrected chi connectivity index (χ0v) is 11.3. The summed E-state index contributed by atoms with van der Waals surface area (Å²) in [7, 11) is 1.89. The Labute approximate surface area is 116 Å². The Morgan fingerprint density at radius 3 is 2.83 bits per heavy atom. The summed E-state index contributed by atoms with van der Waals surface area (Å²) in [5, 5.41) is 3.95. The lowest BCUT2D eigenvalue weighted by Gasteiger charge is -2.08. The zero-order chi connectivity index (χ0) is 13.0. The van der Waals surface area contributed by atoms with Crippen molar-refractivity contribution in [2.75, 3.05) is 7.05 Å². The number of halogens is 2. The Bertz CT molecular complexity index is 546. The summed E-state index contributed by atoms with van der Waals surface area (Å²) in [6.45, 7) is 0.777. The van der Waals surface area contributed by atoms with Crippen LogP contribution < -0.4 is 10.1 Å². The molecule has 0 spiro atoms. The fraction of sp³-hybridized carbons (Fsp3) is 0.154. The number of nitrogens with zero attached hydrogens (tertiary/aromatic N) is 1. The van der Waals surface area contributed by atoms with Crippen molar-refractivity contribution in [2.24, 2.45) is 0 Å². The second-order valence-corrected chi connectivity index (χ2v) is 4.56. The Morgan fingerprint density at radius 1 is 1.28 bits per heavy atom. The zero-order valence-electron chi connectivity index (χ0n) is 9.78. The van der Waals surface area contributed by atoms with E-state index in [4.69, 9.17) is 27.9 Å². The summed E-state index contributed by atoms with van der Waals surface area (Å²) in [5.41, 5.74) is 1.13. The highest BCUT2D eigenvalue weighted by Crippen LogP contribution is 2.29. The van der Waals surface area contributed by atoms with E-state index in [0.29, 0.717) is 21.7 Å². The lowest BCUT2D eigenvalue weighted by molar-refractivity contribution is 0.462. The van der Waals surface area contributed by atoms with E-state index >= 15 is 0 Å². The number of rotatable bonds is 4. The van der Waals surface area contributed by atoms with E-state index in [0.717, 1.165) is 12.1 Å². The van der Waals surface area contributed by atoms with Gasteiger partial charge in [0.25, 0.3) is 0 Å². The van der Waals surface area contributed by atoms with E-state index in [-0.39, 0.29) is 0 Å². The smallest absolute Gasteiger partial charge is 0.238 e. The molecule has 0 saturated heterocycles. The third-order valence-electron chi connectivity index (χ3n) is 2.27. The standard InChI is InChI=1S/C13H12Cl2N2O/c1-16-7-9-3-2-4-11(5-9)18-13-12(15)6-10(14)8-17-13/h2-6,8,16H,7H2,1H3. The molecule has 0 aliphatic rings. The van der Waals surface area contributed by atoms with Gasteiger partial charge in [-0.15, -0.1) is 0 Å². The Balaban J connectivity index is 2.20.